The molecule has 1 atom stereocenters. The minimum atomic E-state index is -0.256. The Labute approximate surface area is 130 Å². The van der Waals surface area contributed by atoms with E-state index >= 15 is 0 Å². The molecule has 0 saturated carbocycles. The molecule has 1 aromatic carbocycles. The number of hydrogen-bond acceptors (Lipinski definition) is 4. The van der Waals surface area contributed by atoms with E-state index in [1.807, 2.05) is 18.5 Å². The molecule has 0 fully saturated rings. The van der Waals surface area contributed by atoms with E-state index < -0.39 is 0 Å². The second kappa shape index (κ2) is 8.22. The van der Waals surface area contributed by atoms with Crippen molar-refractivity contribution in [3.05, 3.63) is 35.1 Å². The first-order valence-corrected chi connectivity index (χ1v) is 7.75. The summed E-state index contributed by atoms with van der Waals surface area (Å²) in [7, 11) is 0. The average Bonchev–Trinajstić information content (AvgIpc) is 2.43. The Morgan fingerprint density at radius 1 is 1.45 bits per heavy atom. The Kier molecular flexibility index (Phi) is 6.30. The van der Waals surface area contributed by atoms with Crippen LogP contribution in [-0.2, 0) is 17.8 Å². The normalized spacial score (nSPS) is 17.2. The van der Waals surface area contributed by atoms with Crippen molar-refractivity contribution in [1.82, 2.24) is 15.7 Å². The van der Waals surface area contributed by atoms with E-state index in [4.69, 9.17) is 5.21 Å². The van der Waals surface area contributed by atoms with Crippen molar-refractivity contribution >= 4 is 5.91 Å². The standard InChI is InChI=1S/C16H24FN3O2/c1-12(19-16(21)9-18-22)10-20-8-3-2-5-13-6-4-7-15(17)14(13)11-20/h4,6-7,12,18,22H,2-3,5,8-11H2,1H3,(H,19,21)/t12-/m0/s1. The number of carbonyl (C=O) groups excluding carboxylic acids is 1. The summed E-state index contributed by atoms with van der Waals surface area (Å²) >= 11 is 0. The van der Waals surface area contributed by atoms with Crippen LogP contribution < -0.4 is 10.8 Å². The van der Waals surface area contributed by atoms with Crippen molar-refractivity contribution in [2.24, 2.45) is 0 Å². The molecule has 1 aromatic rings. The number of carbonyl (C=O) groups is 1. The molecule has 1 amide bonds. The van der Waals surface area contributed by atoms with E-state index in [0.717, 1.165) is 36.9 Å². The van der Waals surface area contributed by atoms with Crippen molar-refractivity contribution in [3.63, 3.8) is 0 Å². The summed E-state index contributed by atoms with van der Waals surface area (Å²) in [4.78, 5) is 13.6. The lowest BCUT2D eigenvalue weighted by Crippen LogP contribution is -2.45. The van der Waals surface area contributed by atoms with Gasteiger partial charge in [-0.2, -0.15) is 5.48 Å². The summed E-state index contributed by atoms with van der Waals surface area (Å²) < 4.78 is 14.1. The van der Waals surface area contributed by atoms with Gasteiger partial charge in [0.25, 0.3) is 0 Å². The number of halogens is 1. The predicted octanol–water partition coefficient (Wildman–Crippen LogP) is 1.45. The fraction of sp³-hybridized carbons (Fsp3) is 0.562. The van der Waals surface area contributed by atoms with E-state index in [0.29, 0.717) is 13.1 Å². The van der Waals surface area contributed by atoms with Gasteiger partial charge in [0.05, 0.1) is 6.54 Å². The van der Waals surface area contributed by atoms with Crippen LogP contribution in [0.15, 0.2) is 18.2 Å². The third-order valence-corrected chi connectivity index (χ3v) is 3.95. The van der Waals surface area contributed by atoms with Crippen LogP contribution in [0.5, 0.6) is 0 Å². The second-order valence-electron chi connectivity index (χ2n) is 5.87. The molecule has 0 spiro atoms. The van der Waals surface area contributed by atoms with Crippen molar-refractivity contribution in [2.45, 2.75) is 38.8 Å². The molecule has 0 unspecified atom stereocenters. The summed E-state index contributed by atoms with van der Waals surface area (Å²) in [5.74, 6) is -0.404. The van der Waals surface area contributed by atoms with E-state index in [-0.39, 0.29) is 24.3 Å². The highest BCUT2D eigenvalue weighted by Gasteiger charge is 2.18. The van der Waals surface area contributed by atoms with Gasteiger partial charge in [0.2, 0.25) is 5.91 Å². The maximum absolute atomic E-state index is 14.1. The average molecular weight is 309 g/mol. The van der Waals surface area contributed by atoms with Crippen LogP contribution in [-0.4, -0.2) is 41.7 Å². The maximum atomic E-state index is 14.1. The highest BCUT2D eigenvalue weighted by Crippen LogP contribution is 2.21. The number of amides is 1. The van der Waals surface area contributed by atoms with E-state index in [9.17, 15) is 9.18 Å². The van der Waals surface area contributed by atoms with Crippen molar-refractivity contribution < 1.29 is 14.4 Å². The van der Waals surface area contributed by atoms with Gasteiger partial charge >= 0.3 is 0 Å². The zero-order chi connectivity index (χ0) is 15.9. The fourth-order valence-electron chi connectivity index (χ4n) is 2.95. The van der Waals surface area contributed by atoms with E-state index in [1.54, 1.807) is 6.07 Å². The van der Waals surface area contributed by atoms with Gasteiger partial charge in [0, 0.05) is 24.7 Å². The molecule has 0 aliphatic carbocycles. The quantitative estimate of drug-likeness (QED) is 0.720. The maximum Gasteiger partial charge on any atom is 0.236 e. The molecule has 22 heavy (non-hydrogen) atoms. The number of fused-ring (bicyclic) bond motifs is 1. The Bertz CT molecular complexity index is 510. The lowest BCUT2D eigenvalue weighted by atomic mass is 9.98. The van der Waals surface area contributed by atoms with Crippen LogP contribution >= 0.6 is 0 Å². The monoisotopic (exact) mass is 309 g/mol. The molecule has 5 nitrogen and oxygen atoms in total. The SMILES string of the molecule is C[C@@H](CN1CCCCc2cccc(F)c2C1)NC(=O)CNO. The molecule has 0 bridgehead atoms. The van der Waals surface area contributed by atoms with Crippen LogP contribution in [0.3, 0.4) is 0 Å². The van der Waals surface area contributed by atoms with Gasteiger partial charge in [-0.15, -0.1) is 0 Å². The number of benzene rings is 1. The van der Waals surface area contributed by atoms with Crippen molar-refractivity contribution in [1.29, 1.82) is 0 Å². The first-order valence-electron chi connectivity index (χ1n) is 7.75. The van der Waals surface area contributed by atoms with Gasteiger partial charge in [-0.05, 0) is 44.4 Å². The Morgan fingerprint density at radius 3 is 3.05 bits per heavy atom. The minimum absolute atomic E-state index is 0.0597. The number of nitrogens with zero attached hydrogens (tertiary/aromatic N) is 1. The first kappa shape index (κ1) is 16.9. The first-order chi connectivity index (χ1) is 10.6. The van der Waals surface area contributed by atoms with Crippen LogP contribution in [0, 0.1) is 5.82 Å². The van der Waals surface area contributed by atoms with Gasteiger partial charge in [-0.25, -0.2) is 4.39 Å². The van der Waals surface area contributed by atoms with Crippen molar-refractivity contribution in [3.8, 4) is 0 Å². The molecule has 1 heterocycles. The minimum Gasteiger partial charge on any atom is -0.351 e. The highest BCUT2D eigenvalue weighted by atomic mass is 19.1. The molecule has 122 valence electrons. The molecular weight excluding hydrogens is 285 g/mol. The van der Waals surface area contributed by atoms with E-state index in [1.165, 1.54) is 6.07 Å². The summed E-state index contributed by atoms with van der Waals surface area (Å²) in [6.45, 7) is 3.91. The third kappa shape index (κ3) is 4.76. The van der Waals surface area contributed by atoms with Crippen LogP contribution in [0.25, 0.3) is 0 Å². The fourth-order valence-corrected chi connectivity index (χ4v) is 2.95. The zero-order valence-electron chi connectivity index (χ0n) is 12.9. The Hall–Kier alpha value is -1.50. The smallest absolute Gasteiger partial charge is 0.236 e. The number of nitrogens with one attached hydrogen (secondary N) is 2. The summed E-state index contributed by atoms with van der Waals surface area (Å²) in [5.41, 5.74) is 3.70. The Morgan fingerprint density at radius 2 is 2.27 bits per heavy atom. The number of rotatable bonds is 5. The molecule has 0 saturated heterocycles. The summed E-state index contributed by atoms with van der Waals surface area (Å²) in [6.07, 6.45) is 3.03. The Balaban J connectivity index is 1.99. The van der Waals surface area contributed by atoms with Gasteiger partial charge in [0.15, 0.2) is 0 Å². The van der Waals surface area contributed by atoms with Gasteiger partial charge in [-0.3, -0.25) is 9.69 Å². The lowest BCUT2D eigenvalue weighted by Gasteiger charge is -2.29. The molecule has 0 aromatic heterocycles. The molecule has 2 rings (SSSR count). The molecule has 6 heteroatoms. The summed E-state index contributed by atoms with van der Waals surface area (Å²) in [6, 6.07) is 5.22. The largest absolute Gasteiger partial charge is 0.351 e. The van der Waals surface area contributed by atoms with E-state index in [2.05, 4.69) is 10.2 Å². The zero-order valence-corrected chi connectivity index (χ0v) is 12.9. The predicted molar refractivity (Wildman–Crippen MR) is 82.0 cm³/mol. The number of aryl methyl sites for hydroxylation is 1. The van der Waals surface area contributed by atoms with Crippen LogP contribution in [0.1, 0.15) is 30.9 Å². The number of hydroxylamine groups is 1. The van der Waals surface area contributed by atoms with Crippen molar-refractivity contribution in [2.75, 3.05) is 19.6 Å². The number of hydrogen-bond donors (Lipinski definition) is 3. The third-order valence-electron chi connectivity index (χ3n) is 3.95. The highest BCUT2D eigenvalue weighted by molar-refractivity contribution is 5.78. The molecule has 3 N–H and O–H groups in total. The van der Waals surface area contributed by atoms with Gasteiger partial charge < -0.3 is 10.5 Å². The molecule has 1 aliphatic rings. The molecule has 1 aliphatic heterocycles. The second-order valence-corrected chi connectivity index (χ2v) is 5.87. The molecule has 0 radical (unpaired) electrons. The van der Waals surface area contributed by atoms with Crippen LogP contribution in [0.4, 0.5) is 4.39 Å². The van der Waals surface area contributed by atoms with Gasteiger partial charge in [-0.1, -0.05) is 12.1 Å². The lowest BCUT2D eigenvalue weighted by molar-refractivity contribution is -0.122. The summed E-state index contributed by atoms with van der Waals surface area (Å²) in [5, 5.41) is 11.3. The topological polar surface area (TPSA) is 64.6 Å². The molecular formula is C16H24FN3O2. The van der Waals surface area contributed by atoms with Crippen LogP contribution in [0.2, 0.25) is 0 Å². The van der Waals surface area contributed by atoms with Gasteiger partial charge in [0.1, 0.15) is 5.82 Å².